The fourth-order valence-electron chi connectivity index (χ4n) is 3.58. The Bertz CT molecular complexity index is 958. The van der Waals surface area contributed by atoms with Gasteiger partial charge in [-0.3, -0.25) is 4.79 Å². The van der Waals surface area contributed by atoms with Crippen LogP contribution in [0.15, 0.2) is 53.1 Å². The van der Waals surface area contributed by atoms with Crippen molar-refractivity contribution in [3.8, 4) is 11.4 Å². The maximum absolute atomic E-state index is 12.5. The fraction of sp³-hybridized carbons (Fsp3) is 0.348. The summed E-state index contributed by atoms with van der Waals surface area (Å²) in [6, 6.07) is 16.3. The van der Waals surface area contributed by atoms with E-state index in [9.17, 15) is 4.79 Å². The zero-order valence-corrected chi connectivity index (χ0v) is 16.6. The molecule has 2 aromatic carbocycles. The summed E-state index contributed by atoms with van der Waals surface area (Å²) in [6.45, 7) is 6.96. The van der Waals surface area contributed by atoms with E-state index in [4.69, 9.17) is 4.52 Å². The Hall–Kier alpha value is -2.95. The SMILES string of the molecule is Cc1ccc(-c2noc(C3CCC(=O)N3Cc3ccc(C(C)C)cc3)n2)cc1. The van der Waals surface area contributed by atoms with E-state index in [1.54, 1.807) is 0 Å². The third-order valence-corrected chi connectivity index (χ3v) is 5.36. The van der Waals surface area contributed by atoms with Crippen LogP contribution < -0.4 is 0 Å². The minimum atomic E-state index is -0.163. The number of rotatable bonds is 5. The highest BCUT2D eigenvalue weighted by Crippen LogP contribution is 2.34. The Morgan fingerprint density at radius 1 is 1.11 bits per heavy atom. The van der Waals surface area contributed by atoms with Gasteiger partial charge >= 0.3 is 0 Å². The van der Waals surface area contributed by atoms with Crippen LogP contribution >= 0.6 is 0 Å². The molecule has 1 saturated heterocycles. The number of nitrogens with zero attached hydrogens (tertiary/aromatic N) is 3. The van der Waals surface area contributed by atoms with Gasteiger partial charge < -0.3 is 9.42 Å². The molecule has 1 atom stereocenters. The van der Waals surface area contributed by atoms with Crippen molar-refractivity contribution in [1.82, 2.24) is 15.0 Å². The summed E-state index contributed by atoms with van der Waals surface area (Å²) in [6.07, 6.45) is 1.22. The molecule has 0 saturated carbocycles. The van der Waals surface area contributed by atoms with Crippen molar-refractivity contribution in [1.29, 1.82) is 0 Å². The molecule has 0 radical (unpaired) electrons. The summed E-state index contributed by atoms with van der Waals surface area (Å²) in [4.78, 5) is 18.9. The molecule has 1 aliphatic rings. The van der Waals surface area contributed by atoms with Gasteiger partial charge in [-0.05, 0) is 30.4 Å². The fourth-order valence-corrected chi connectivity index (χ4v) is 3.58. The summed E-state index contributed by atoms with van der Waals surface area (Å²) >= 11 is 0. The van der Waals surface area contributed by atoms with Crippen molar-refractivity contribution in [2.24, 2.45) is 0 Å². The standard InChI is InChI=1S/C23H25N3O2/c1-15(2)18-10-6-17(7-11-18)14-26-20(12-13-21(26)27)23-24-22(25-28-23)19-8-4-16(3)5-9-19/h4-11,15,20H,12-14H2,1-3H3. The Morgan fingerprint density at radius 3 is 2.50 bits per heavy atom. The van der Waals surface area contributed by atoms with Gasteiger partial charge in [-0.2, -0.15) is 4.98 Å². The van der Waals surface area contributed by atoms with Gasteiger partial charge in [-0.15, -0.1) is 0 Å². The van der Waals surface area contributed by atoms with E-state index in [-0.39, 0.29) is 11.9 Å². The Labute approximate surface area is 165 Å². The van der Waals surface area contributed by atoms with Gasteiger partial charge in [0.1, 0.15) is 6.04 Å². The van der Waals surface area contributed by atoms with Crippen LogP contribution in [-0.2, 0) is 11.3 Å². The summed E-state index contributed by atoms with van der Waals surface area (Å²) in [5.41, 5.74) is 4.51. The zero-order chi connectivity index (χ0) is 19.7. The van der Waals surface area contributed by atoms with E-state index in [1.807, 2.05) is 36.1 Å². The van der Waals surface area contributed by atoms with Crippen LogP contribution in [0.4, 0.5) is 0 Å². The monoisotopic (exact) mass is 375 g/mol. The maximum Gasteiger partial charge on any atom is 0.249 e. The molecular formula is C23H25N3O2. The summed E-state index contributed by atoms with van der Waals surface area (Å²) in [7, 11) is 0. The van der Waals surface area contributed by atoms with Crippen molar-refractivity contribution in [3.05, 3.63) is 71.1 Å². The quantitative estimate of drug-likeness (QED) is 0.627. The van der Waals surface area contributed by atoms with Gasteiger partial charge in [0, 0.05) is 18.5 Å². The van der Waals surface area contributed by atoms with Crippen LogP contribution in [0.2, 0.25) is 0 Å². The minimum Gasteiger partial charge on any atom is -0.337 e. The predicted molar refractivity (Wildman–Crippen MR) is 108 cm³/mol. The van der Waals surface area contributed by atoms with E-state index in [1.165, 1.54) is 11.1 Å². The van der Waals surface area contributed by atoms with Crippen molar-refractivity contribution in [2.75, 3.05) is 0 Å². The molecule has 0 spiro atoms. The van der Waals surface area contributed by atoms with Crippen LogP contribution in [0.5, 0.6) is 0 Å². The number of aromatic nitrogens is 2. The predicted octanol–water partition coefficient (Wildman–Crippen LogP) is 5.03. The van der Waals surface area contributed by atoms with Crippen LogP contribution in [-0.4, -0.2) is 20.9 Å². The molecular weight excluding hydrogens is 350 g/mol. The lowest BCUT2D eigenvalue weighted by Gasteiger charge is -2.22. The highest BCUT2D eigenvalue weighted by atomic mass is 16.5. The van der Waals surface area contributed by atoms with Crippen molar-refractivity contribution < 1.29 is 9.32 Å². The first kappa shape index (κ1) is 18.4. The van der Waals surface area contributed by atoms with Gasteiger partial charge in [-0.1, -0.05) is 73.1 Å². The zero-order valence-electron chi connectivity index (χ0n) is 16.6. The molecule has 0 aliphatic carbocycles. The molecule has 5 heteroatoms. The largest absolute Gasteiger partial charge is 0.337 e. The van der Waals surface area contributed by atoms with E-state index in [0.29, 0.717) is 37.0 Å². The number of aryl methyl sites for hydroxylation is 1. The third-order valence-electron chi connectivity index (χ3n) is 5.36. The molecule has 1 aliphatic heterocycles. The first-order valence-electron chi connectivity index (χ1n) is 9.80. The van der Waals surface area contributed by atoms with Gasteiger partial charge in [-0.25, -0.2) is 0 Å². The average Bonchev–Trinajstić information content (AvgIpc) is 3.30. The number of hydrogen-bond donors (Lipinski definition) is 0. The lowest BCUT2D eigenvalue weighted by Crippen LogP contribution is -2.27. The van der Waals surface area contributed by atoms with Crippen LogP contribution in [0.1, 0.15) is 61.2 Å². The topological polar surface area (TPSA) is 59.2 Å². The second-order valence-electron chi connectivity index (χ2n) is 7.79. The van der Waals surface area contributed by atoms with Gasteiger partial charge in [0.25, 0.3) is 0 Å². The molecule has 144 valence electrons. The smallest absolute Gasteiger partial charge is 0.249 e. The van der Waals surface area contributed by atoms with Crippen LogP contribution in [0.25, 0.3) is 11.4 Å². The van der Waals surface area contributed by atoms with Crippen LogP contribution in [0.3, 0.4) is 0 Å². The van der Waals surface area contributed by atoms with E-state index in [0.717, 1.165) is 11.1 Å². The van der Waals surface area contributed by atoms with E-state index < -0.39 is 0 Å². The molecule has 1 fully saturated rings. The number of amides is 1. The normalized spacial score (nSPS) is 16.9. The average molecular weight is 375 g/mol. The molecule has 0 bridgehead atoms. The Balaban J connectivity index is 1.54. The molecule has 5 nitrogen and oxygen atoms in total. The summed E-state index contributed by atoms with van der Waals surface area (Å²) in [5, 5.41) is 4.13. The molecule has 2 heterocycles. The molecule has 0 N–H and O–H groups in total. The second kappa shape index (κ2) is 7.58. The van der Waals surface area contributed by atoms with Crippen LogP contribution in [0, 0.1) is 6.92 Å². The summed E-state index contributed by atoms with van der Waals surface area (Å²) < 4.78 is 5.55. The number of benzene rings is 2. The van der Waals surface area contributed by atoms with Gasteiger partial charge in [0.15, 0.2) is 0 Å². The Kier molecular flexibility index (Phi) is 4.99. The summed E-state index contributed by atoms with van der Waals surface area (Å²) in [5.74, 6) is 1.71. The van der Waals surface area contributed by atoms with E-state index in [2.05, 4.69) is 48.3 Å². The highest BCUT2D eigenvalue weighted by molar-refractivity contribution is 5.78. The van der Waals surface area contributed by atoms with Crippen molar-refractivity contribution in [3.63, 3.8) is 0 Å². The first-order valence-corrected chi connectivity index (χ1v) is 9.80. The number of carbonyl (C=O) groups is 1. The number of carbonyl (C=O) groups excluding carboxylic acids is 1. The van der Waals surface area contributed by atoms with Gasteiger partial charge in [0.2, 0.25) is 17.6 Å². The van der Waals surface area contributed by atoms with Gasteiger partial charge in [0.05, 0.1) is 0 Å². The molecule has 3 aromatic rings. The lowest BCUT2D eigenvalue weighted by atomic mass is 10.0. The highest BCUT2D eigenvalue weighted by Gasteiger charge is 2.36. The number of likely N-dealkylation sites (tertiary alicyclic amines) is 1. The maximum atomic E-state index is 12.5. The molecule has 1 unspecified atom stereocenters. The minimum absolute atomic E-state index is 0.132. The second-order valence-corrected chi connectivity index (χ2v) is 7.79. The third kappa shape index (κ3) is 3.70. The molecule has 4 rings (SSSR count). The number of hydrogen-bond acceptors (Lipinski definition) is 4. The molecule has 1 amide bonds. The first-order chi connectivity index (χ1) is 13.5. The van der Waals surface area contributed by atoms with Crippen molar-refractivity contribution in [2.45, 2.75) is 52.1 Å². The molecule has 1 aromatic heterocycles. The molecule has 28 heavy (non-hydrogen) atoms. The van der Waals surface area contributed by atoms with E-state index >= 15 is 0 Å². The lowest BCUT2D eigenvalue weighted by molar-refractivity contribution is -0.129. The van der Waals surface area contributed by atoms with Crippen molar-refractivity contribution >= 4 is 5.91 Å². The Morgan fingerprint density at radius 2 is 1.82 bits per heavy atom.